The van der Waals surface area contributed by atoms with Crippen molar-refractivity contribution in [1.29, 1.82) is 0 Å². The molecule has 1 aromatic carbocycles. The summed E-state index contributed by atoms with van der Waals surface area (Å²) in [7, 11) is 0. The molecule has 40 heavy (non-hydrogen) atoms. The van der Waals surface area contributed by atoms with E-state index in [1.165, 1.54) is 0 Å². The van der Waals surface area contributed by atoms with E-state index in [2.05, 4.69) is 40.1 Å². The predicted molar refractivity (Wildman–Crippen MR) is 142 cm³/mol. The maximum absolute atomic E-state index is 13.1. The van der Waals surface area contributed by atoms with Crippen LogP contribution in [-0.2, 0) is 12.7 Å². The van der Waals surface area contributed by atoms with Crippen LogP contribution in [-0.4, -0.2) is 37.0 Å². The van der Waals surface area contributed by atoms with Crippen molar-refractivity contribution in [2.45, 2.75) is 19.6 Å². The van der Waals surface area contributed by atoms with Crippen molar-refractivity contribution >= 4 is 23.2 Å². The number of carbonyl (C=O) groups excluding carboxylic acids is 1. The molecule has 3 aromatic rings. The van der Waals surface area contributed by atoms with E-state index in [0.717, 1.165) is 46.4 Å². The molecule has 3 aliphatic heterocycles. The summed E-state index contributed by atoms with van der Waals surface area (Å²) in [5.74, 6) is 1.33. The van der Waals surface area contributed by atoms with Gasteiger partial charge in [0.2, 0.25) is 0 Å². The van der Waals surface area contributed by atoms with Crippen molar-refractivity contribution < 1.29 is 18.0 Å². The lowest BCUT2D eigenvalue weighted by Gasteiger charge is -2.19. The highest BCUT2D eigenvalue weighted by Gasteiger charge is 2.31. The lowest BCUT2D eigenvalue weighted by atomic mass is 9.98. The summed E-state index contributed by atoms with van der Waals surface area (Å²) in [6.45, 7) is 3.31. The Hall–Kier alpha value is -5.13. The number of halogens is 3. The SMILES string of the molecule is Cc1ccc(NC(=O)c2cc(C(F)(F)F)ccn2)cc1-c1cc2cnc(=Nc3ccccn3)nc-2n2c1NCC2. The van der Waals surface area contributed by atoms with Crippen molar-refractivity contribution in [3.63, 3.8) is 0 Å². The van der Waals surface area contributed by atoms with Crippen LogP contribution in [0, 0.1) is 6.92 Å². The minimum atomic E-state index is -4.58. The fourth-order valence-corrected chi connectivity index (χ4v) is 4.56. The Morgan fingerprint density at radius 1 is 1.02 bits per heavy atom. The minimum Gasteiger partial charge on any atom is -0.369 e. The number of alkyl halides is 3. The average molecular weight is 543 g/mol. The molecule has 2 aromatic heterocycles. The van der Waals surface area contributed by atoms with E-state index in [1.807, 2.05) is 25.1 Å². The summed E-state index contributed by atoms with van der Waals surface area (Å²) in [5, 5.41) is 6.09. The van der Waals surface area contributed by atoms with Gasteiger partial charge in [0.1, 0.15) is 17.3 Å². The number of anilines is 2. The second-order valence-electron chi connectivity index (χ2n) is 9.15. The second kappa shape index (κ2) is 9.88. The molecule has 2 N–H and O–H groups in total. The Labute approximate surface area is 225 Å². The van der Waals surface area contributed by atoms with Crippen LogP contribution in [0.5, 0.6) is 0 Å². The van der Waals surface area contributed by atoms with Gasteiger partial charge in [0, 0.05) is 48.5 Å². The van der Waals surface area contributed by atoms with Crippen LogP contribution in [0.15, 0.2) is 78.2 Å². The molecule has 0 radical (unpaired) electrons. The van der Waals surface area contributed by atoms with E-state index in [4.69, 9.17) is 0 Å². The van der Waals surface area contributed by atoms with Crippen molar-refractivity contribution in [1.82, 2.24) is 24.5 Å². The molecule has 1 amide bonds. The molecule has 0 saturated heterocycles. The Bertz CT molecular complexity index is 1780. The molecule has 3 aliphatic rings. The first-order valence-electron chi connectivity index (χ1n) is 12.3. The highest BCUT2D eigenvalue weighted by Crippen LogP contribution is 2.39. The first kappa shape index (κ1) is 25.2. The van der Waals surface area contributed by atoms with Crippen LogP contribution in [0.3, 0.4) is 0 Å². The summed E-state index contributed by atoms with van der Waals surface area (Å²) >= 11 is 0. The summed E-state index contributed by atoms with van der Waals surface area (Å²) in [6.07, 6.45) is -0.249. The number of rotatable bonds is 4. The Morgan fingerprint density at radius 2 is 1.90 bits per heavy atom. The highest BCUT2D eigenvalue weighted by atomic mass is 19.4. The molecule has 0 unspecified atom stereocenters. The molecular weight excluding hydrogens is 521 g/mol. The first-order chi connectivity index (χ1) is 19.3. The van der Waals surface area contributed by atoms with Gasteiger partial charge < -0.3 is 15.2 Å². The van der Waals surface area contributed by atoms with Crippen LogP contribution in [0.25, 0.3) is 22.5 Å². The quantitative estimate of drug-likeness (QED) is 0.328. The lowest BCUT2D eigenvalue weighted by molar-refractivity contribution is -0.137. The maximum atomic E-state index is 13.1. The van der Waals surface area contributed by atoms with Gasteiger partial charge in [0.25, 0.3) is 11.5 Å². The normalized spacial score (nSPS) is 13.2. The van der Waals surface area contributed by atoms with Crippen molar-refractivity contribution in [3.8, 4) is 22.5 Å². The van der Waals surface area contributed by atoms with Gasteiger partial charge in [-0.15, -0.1) is 0 Å². The number of hydrogen-bond donors (Lipinski definition) is 2. The van der Waals surface area contributed by atoms with Gasteiger partial charge >= 0.3 is 6.18 Å². The Morgan fingerprint density at radius 3 is 2.70 bits per heavy atom. The third-order valence-electron chi connectivity index (χ3n) is 6.46. The number of carbonyl (C=O) groups is 1. The standard InChI is InChI=1S/C28H21F3N8O/c1-16-5-6-19(36-26(40)22-13-18(7-9-32-22)28(29,30)31)14-20(16)21-12-17-15-35-27(37-23-4-2-3-8-33-23)38-24(17)39-11-10-34-25(21)39/h2-9,12-15,34H,10-11H2,1H3,(H,36,40). The van der Waals surface area contributed by atoms with Gasteiger partial charge in [-0.25, -0.2) is 9.97 Å². The summed E-state index contributed by atoms with van der Waals surface area (Å²) in [5.41, 5.74) is 2.88. The van der Waals surface area contributed by atoms with Crippen molar-refractivity contribution in [2.75, 3.05) is 17.2 Å². The molecule has 5 heterocycles. The van der Waals surface area contributed by atoms with Gasteiger partial charge in [-0.2, -0.15) is 23.1 Å². The average Bonchev–Trinajstić information content (AvgIpc) is 3.45. The van der Waals surface area contributed by atoms with E-state index >= 15 is 0 Å². The Balaban J connectivity index is 1.37. The lowest BCUT2D eigenvalue weighted by Crippen LogP contribution is -2.17. The maximum Gasteiger partial charge on any atom is 0.416 e. The molecule has 6 rings (SSSR count). The molecule has 0 bridgehead atoms. The zero-order valence-electron chi connectivity index (χ0n) is 21.1. The number of benzene rings is 1. The molecule has 0 saturated carbocycles. The third-order valence-corrected chi connectivity index (χ3v) is 6.46. The minimum absolute atomic E-state index is 0.296. The highest BCUT2D eigenvalue weighted by molar-refractivity contribution is 6.03. The predicted octanol–water partition coefficient (Wildman–Crippen LogP) is 5.08. The van der Waals surface area contributed by atoms with E-state index < -0.39 is 17.6 Å². The van der Waals surface area contributed by atoms with Crippen LogP contribution in [0.1, 0.15) is 21.6 Å². The molecular formula is C28H21F3N8O. The number of amides is 1. The van der Waals surface area contributed by atoms with Gasteiger partial charge in [-0.1, -0.05) is 12.1 Å². The van der Waals surface area contributed by atoms with Crippen LogP contribution in [0.2, 0.25) is 0 Å². The van der Waals surface area contributed by atoms with Gasteiger partial charge in [0.05, 0.1) is 5.56 Å². The Kier molecular flexibility index (Phi) is 6.21. The third kappa shape index (κ3) is 4.86. The van der Waals surface area contributed by atoms with E-state index in [-0.39, 0.29) is 5.69 Å². The fraction of sp³-hybridized carbons (Fsp3) is 0.143. The number of nitrogens with one attached hydrogen (secondary N) is 2. The molecule has 9 nitrogen and oxygen atoms in total. The number of fused-ring (bicyclic) bond motifs is 3. The monoisotopic (exact) mass is 542 g/mol. The van der Waals surface area contributed by atoms with Gasteiger partial charge in [0.15, 0.2) is 5.82 Å². The smallest absolute Gasteiger partial charge is 0.369 e. The van der Waals surface area contributed by atoms with Crippen LogP contribution in [0.4, 0.5) is 30.5 Å². The molecule has 0 aliphatic carbocycles. The zero-order chi connectivity index (χ0) is 27.9. The molecule has 0 atom stereocenters. The fourth-order valence-electron chi connectivity index (χ4n) is 4.56. The summed E-state index contributed by atoms with van der Waals surface area (Å²) < 4.78 is 41.4. The zero-order valence-corrected chi connectivity index (χ0v) is 21.1. The van der Waals surface area contributed by atoms with Crippen LogP contribution < -0.4 is 16.3 Å². The summed E-state index contributed by atoms with van der Waals surface area (Å²) in [6, 6.07) is 14.3. The second-order valence-corrected chi connectivity index (χ2v) is 9.15. The number of hydrogen-bond acceptors (Lipinski definition) is 7. The van der Waals surface area contributed by atoms with Gasteiger partial charge in [-0.3, -0.25) is 9.78 Å². The molecule has 200 valence electrons. The molecule has 12 heteroatoms. The summed E-state index contributed by atoms with van der Waals surface area (Å²) in [4.78, 5) is 34.3. The van der Waals surface area contributed by atoms with Crippen molar-refractivity contribution in [2.24, 2.45) is 4.99 Å². The molecule has 0 fully saturated rings. The number of pyridine rings is 3. The van der Waals surface area contributed by atoms with Crippen molar-refractivity contribution in [3.05, 3.63) is 95.6 Å². The topological polar surface area (TPSA) is 110 Å². The van der Waals surface area contributed by atoms with Crippen LogP contribution >= 0.6 is 0 Å². The van der Waals surface area contributed by atoms with E-state index in [1.54, 1.807) is 36.7 Å². The largest absolute Gasteiger partial charge is 0.416 e. The molecule has 0 spiro atoms. The van der Waals surface area contributed by atoms with E-state index in [9.17, 15) is 18.0 Å². The number of aryl methyl sites for hydroxylation is 1. The van der Waals surface area contributed by atoms with E-state index in [0.29, 0.717) is 36.0 Å². The first-order valence-corrected chi connectivity index (χ1v) is 12.3. The number of aromatic nitrogens is 5. The van der Waals surface area contributed by atoms with Gasteiger partial charge in [-0.05, 0) is 60.5 Å². The number of nitrogens with zero attached hydrogens (tertiary/aromatic N) is 6.